The molecule has 7 heteroatoms. The number of hydrogen-bond acceptors (Lipinski definition) is 5. The Balaban J connectivity index is 1.73. The van der Waals surface area contributed by atoms with Gasteiger partial charge in [0.15, 0.2) is 0 Å². The maximum atomic E-state index is 12.5. The van der Waals surface area contributed by atoms with Crippen LogP contribution in [0.1, 0.15) is 18.0 Å². The van der Waals surface area contributed by atoms with Gasteiger partial charge in [0, 0.05) is 43.1 Å². The van der Waals surface area contributed by atoms with E-state index in [2.05, 4.69) is 10.3 Å². The molecule has 3 atom stereocenters. The topological polar surface area (TPSA) is 62.3 Å². The number of thioether (sulfide) groups is 2. The average Bonchev–Trinajstić information content (AvgIpc) is 2.83. The summed E-state index contributed by atoms with van der Waals surface area (Å²) in [5, 5.41) is 3.09. The fourth-order valence-electron chi connectivity index (χ4n) is 2.92. The Morgan fingerprint density at radius 2 is 2.32 bits per heavy atom. The van der Waals surface area contributed by atoms with Crippen LogP contribution in [0.5, 0.6) is 0 Å². The molecule has 2 amide bonds. The molecule has 0 aliphatic carbocycles. The van der Waals surface area contributed by atoms with E-state index in [9.17, 15) is 9.59 Å². The zero-order valence-electron chi connectivity index (χ0n) is 12.4. The third-order valence-corrected chi connectivity index (χ3v) is 6.80. The van der Waals surface area contributed by atoms with Crippen molar-refractivity contribution in [3.8, 4) is 0 Å². The molecule has 0 bridgehead atoms. The van der Waals surface area contributed by atoms with Gasteiger partial charge in [-0.3, -0.25) is 14.6 Å². The van der Waals surface area contributed by atoms with Gasteiger partial charge in [0.2, 0.25) is 11.8 Å². The molecule has 1 aromatic rings. The molecule has 0 spiro atoms. The Kier molecular flexibility index (Phi) is 4.93. The third-order valence-electron chi connectivity index (χ3n) is 4.05. The Morgan fingerprint density at radius 1 is 1.45 bits per heavy atom. The molecule has 0 radical (unpaired) electrons. The number of hydrogen-bond donors (Lipinski definition) is 1. The predicted octanol–water partition coefficient (Wildman–Crippen LogP) is 1.32. The largest absolute Gasteiger partial charge is 0.349 e. The fraction of sp³-hybridized carbons (Fsp3) is 0.533. The van der Waals surface area contributed by atoms with Crippen molar-refractivity contribution >= 4 is 35.3 Å². The quantitative estimate of drug-likeness (QED) is 0.901. The van der Waals surface area contributed by atoms with E-state index in [0.29, 0.717) is 6.42 Å². The van der Waals surface area contributed by atoms with Crippen molar-refractivity contribution in [2.24, 2.45) is 0 Å². The van der Waals surface area contributed by atoms with Gasteiger partial charge in [-0.25, -0.2) is 0 Å². The highest BCUT2D eigenvalue weighted by molar-refractivity contribution is 8.07. The van der Waals surface area contributed by atoms with Crippen molar-refractivity contribution < 1.29 is 9.59 Å². The zero-order valence-corrected chi connectivity index (χ0v) is 14.0. The van der Waals surface area contributed by atoms with Gasteiger partial charge in [-0.15, -0.1) is 11.8 Å². The highest BCUT2D eigenvalue weighted by atomic mass is 32.2. The summed E-state index contributed by atoms with van der Waals surface area (Å²) in [4.78, 5) is 30.4. The van der Waals surface area contributed by atoms with Crippen LogP contribution in [0.3, 0.4) is 0 Å². The molecule has 1 unspecified atom stereocenters. The standard InChI is InChI=1S/C15H19N3O2S2/c1-18-13(19)7-11(14(18)10-3-2-4-16-8-10)17-15(20)12-9-21-5-6-22-12/h2-4,8,11-12,14H,5-7,9H2,1H3,(H,17,20)/t11-,12?,14+/m0/s1. The molecule has 0 saturated carbocycles. The molecule has 2 fully saturated rings. The van der Waals surface area contributed by atoms with Gasteiger partial charge < -0.3 is 10.2 Å². The molecule has 1 aromatic heterocycles. The van der Waals surface area contributed by atoms with Crippen LogP contribution in [0.2, 0.25) is 0 Å². The number of carbonyl (C=O) groups excluding carboxylic acids is 2. The summed E-state index contributed by atoms with van der Waals surface area (Å²) in [6, 6.07) is 3.50. The predicted molar refractivity (Wildman–Crippen MR) is 89.9 cm³/mol. The molecule has 22 heavy (non-hydrogen) atoms. The Bertz CT molecular complexity index is 549. The first-order valence-corrected chi connectivity index (χ1v) is 9.52. The van der Waals surface area contributed by atoms with Gasteiger partial charge in [-0.2, -0.15) is 11.8 Å². The maximum Gasteiger partial charge on any atom is 0.234 e. The van der Waals surface area contributed by atoms with Crippen LogP contribution in [-0.2, 0) is 9.59 Å². The summed E-state index contributed by atoms with van der Waals surface area (Å²) in [5.41, 5.74) is 0.965. The van der Waals surface area contributed by atoms with Crippen molar-refractivity contribution in [3.05, 3.63) is 30.1 Å². The molecule has 3 heterocycles. The van der Waals surface area contributed by atoms with E-state index in [1.807, 2.05) is 23.9 Å². The minimum absolute atomic E-state index is 0.00527. The van der Waals surface area contributed by atoms with Gasteiger partial charge >= 0.3 is 0 Å². The molecule has 2 aliphatic rings. The first-order valence-electron chi connectivity index (χ1n) is 7.32. The van der Waals surface area contributed by atoms with E-state index in [-0.39, 0.29) is 29.1 Å². The highest BCUT2D eigenvalue weighted by Crippen LogP contribution is 2.32. The monoisotopic (exact) mass is 337 g/mol. The number of likely N-dealkylation sites (N-methyl/N-ethyl adjacent to an activating group) is 1. The SMILES string of the molecule is CN1C(=O)C[C@H](NC(=O)C2CSCCS2)[C@H]1c1cccnc1. The summed E-state index contributed by atoms with van der Waals surface area (Å²) < 4.78 is 0. The van der Waals surface area contributed by atoms with Crippen molar-refractivity contribution in [1.29, 1.82) is 0 Å². The molecule has 3 rings (SSSR count). The van der Waals surface area contributed by atoms with E-state index in [0.717, 1.165) is 22.8 Å². The van der Waals surface area contributed by atoms with E-state index in [1.54, 1.807) is 36.1 Å². The average molecular weight is 337 g/mol. The van der Waals surface area contributed by atoms with Gasteiger partial charge in [-0.1, -0.05) is 6.07 Å². The lowest BCUT2D eigenvalue weighted by atomic mass is 10.0. The lowest BCUT2D eigenvalue weighted by molar-refractivity contribution is -0.127. The Labute approximate surface area is 138 Å². The molecule has 2 aliphatic heterocycles. The van der Waals surface area contributed by atoms with Crippen molar-refractivity contribution in [3.63, 3.8) is 0 Å². The van der Waals surface area contributed by atoms with Crippen LogP contribution >= 0.6 is 23.5 Å². The van der Waals surface area contributed by atoms with Gasteiger partial charge in [0.25, 0.3) is 0 Å². The number of amides is 2. The molecular formula is C15H19N3O2S2. The van der Waals surface area contributed by atoms with Gasteiger partial charge in [0.05, 0.1) is 17.3 Å². The second kappa shape index (κ2) is 6.91. The minimum Gasteiger partial charge on any atom is -0.349 e. The minimum atomic E-state index is -0.179. The number of rotatable bonds is 3. The number of likely N-dealkylation sites (tertiary alicyclic amines) is 1. The summed E-state index contributed by atoms with van der Waals surface area (Å²) in [5.74, 6) is 3.09. The van der Waals surface area contributed by atoms with E-state index >= 15 is 0 Å². The fourth-order valence-corrected chi connectivity index (χ4v) is 5.49. The zero-order chi connectivity index (χ0) is 15.5. The number of aromatic nitrogens is 1. The molecule has 1 N–H and O–H groups in total. The summed E-state index contributed by atoms with van der Waals surface area (Å²) in [7, 11) is 1.79. The van der Waals surface area contributed by atoms with Gasteiger partial charge in [0.1, 0.15) is 0 Å². The maximum absolute atomic E-state index is 12.5. The van der Waals surface area contributed by atoms with Crippen LogP contribution in [0.25, 0.3) is 0 Å². The summed E-state index contributed by atoms with van der Waals surface area (Å²) in [6.45, 7) is 0. The van der Waals surface area contributed by atoms with Crippen LogP contribution in [-0.4, -0.2) is 57.3 Å². The lowest BCUT2D eigenvalue weighted by Crippen LogP contribution is -2.44. The first kappa shape index (κ1) is 15.7. The Morgan fingerprint density at radius 3 is 3.00 bits per heavy atom. The number of carbonyl (C=O) groups is 2. The van der Waals surface area contributed by atoms with Crippen LogP contribution < -0.4 is 5.32 Å². The second-order valence-electron chi connectivity index (χ2n) is 5.49. The molecule has 118 valence electrons. The van der Waals surface area contributed by atoms with Crippen LogP contribution in [0, 0.1) is 0 Å². The summed E-state index contributed by atoms with van der Waals surface area (Å²) in [6.07, 6.45) is 3.83. The van der Waals surface area contributed by atoms with Crippen molar-refractivity contribution in [2.45, 2.75) is 23.8 Å². The Hall–Kier alpha value is -1.21. The first-order chi connectivity index (χ1) is 10.7. The number of pyridine rings is 1. The highest BCUT2D eigenvalue weighted by Gasteiger charge is 2.40. The smallest absolute Gasteiger partial charge is 0.234 e. The van der Waals surface area contributed by atoms with E-state index < -0.39 is 0 Å². The van der Waals surface area contributed by atoms with Crippen LogP contribution in [0.4, 0.5) is 0 Å². The van der Waals surface area contributed by atoms with Crippen LogP contribution in [0.15, 0.2) is 24.5 Å². The third kappa shape index (κ3) is 3.25. The second-order valence-corrected chi connectivity index (χ2v) is 7.95. The number of nitrogens with zero attached hydrogens (tertiary/aromatic N) is 2. The lowest BCUT2D eigenvalue weighted by Gasteiger charge is -2.27. The molecule has 2 saturated heterocycles. The summed E-state index contributed by atoms with van der Waals surface area (Å²) >= 11 is 3.53. The van der Waals surface area contributed by atoms with E-state index in [1.165, 1.54) is 0 Å². The number of nitrogens with one attached hydrogen (secondary N) is 1. The molecule has 0 aromatic carbocycles. The van der Waals surface area contributed by atoms with Gasteiger partial charge in [-0.05, 0) is 11.6 Å². The van der Waals surface area contributed by atoms with Crippen molar-refractivity contribution in [1.82, 2.24) is 15.2 Å². The normalized spacial score (nSPS) is 28.7. The van der Waals surface area contributed by atoms with E-state index in [4.69, 9.17) is 0 Å². The molecular weight excluding hydrogens is 318 g/mol. The van der Waals surface area contributed by atoms with Crippen molar-refractivity contribution in [2.75, 3.05) is 24.3 Å². The molecule has 5 nitrogen and oxygen atoms in total.